The predicted octanol–water partition coefficient (Wildman–Crippen LogP) is 0.928. The summed E-state index contributed by atoms with van der Waals surface area (Å²) in [6, 6.07) is 3.00. The van der Waals surface area contributed by atoms with E-state index in [2.05, 4.69) is 4.98 Å². The fraction of sp³-hybridized carbons (Fsp3) is 0.400. The standard InChI is InChI=1S/C10H15N2O5P/c1-8(13)12(14)7-4-10(18(15,16)17)9-2-5-11-6-3-9/h2-3,5-6,10,14H,4,7H2,1H3,(H2,15,16,17)/t10-/m0/s1. The van der Waals surface area contributed by atoms with E-state index < -0.39 is 19.2 Å². The maximum atomic E-state index is 11.4. The van der Waals surface area contributed by atoms with Gasteiger partial charge in [0.2, 0.25) is 5.91 Å². The van der Waals surface area contributed by atoms with Gasteiger partial charge in [-0.2, -0.15) is 0 Å². The molecule has 0 saturated heterocycles. The zero-order valence-electron chi connectivity index (χ0n) is 9.80. The molecule has 0 unspecified atom stereocenters. The van der Waals surface area contributed by atoms with Crippen LogP contribution in [0.25, 0.3) is 0 Å². The van der Waals surface area contributed by atoms with Gasteiger partial charge in [0.1, 0.15) is 0 Å². The Kier molecular flexibility index (Phi) is 4.98. The zero-order valence-corrected chi connectivity index (χ0v) is 10.7. The number of hydrogen-bond acceptors (Lipinski definition) is 4. The summed E-state index contributed by atoms with van der Waals surface area (Å²) in [5, 5.41) is 9.64. The van der Waals surface area contributed by atoms with Crippen LogP contribution in [0.2, 0.25) is 0 Å². The lowest BCUT2D eigenvalue weighted by molar-refractivity contribution is -0.162. The van der Waals surface area contributed by atoms with Crippen molar-refractivity contribution in [2.24, 2.45) is 0 Å². The van der Waals surface area contributed by atoms with Gasteiger partial charge in [-0.15, -0.1) is 0 Å². The van der Waals surface area contributed by atoms with Crippen molar-refractivity contribution in [3.05, 3.63) is 30.1 Å². The van der Waals surface area contributed by atoms with E-state index in [0.717, 1.165) is 0 Å². The van der Waals surface area contributed by atoms with Crippen molar-refractivity contribution in [1.29, 1.82) is 0 Å². The summed E-state index contributed by atoms with van der Waals surface area (Å²) in [5.41, 5.74) is -0.634. The largest absolute Gasteiger partial charge is 0.333 e. The monoisotopic (exact) mass is 274 g/mol. The lowest BCUT2D eigenvalue weighted by Gasteiger charge is -2.21. The van der Waals surface area contributed by atoms with Crippen LogP contribution in [-0.2, 0) is 9.36 Å². The van der Waals surface area contributed by atoms with E-state index >= 15 is 0 Å². The van der Waals surface area contributed by atoms with E-state index in [1.165, 1.54) is 31.5 Å². The highest BCUT2D eigenvalue weighted by Gasteiger charge is 2.30. The quantitative estimate of drug-likeness (QED) is 0.418. The highest BCUT2D eigenvalue weighted by molar-refractivity contribution is 7.52. The van der Waals surface area contributed by atoms with E-state index in [0.29, 0.717) is 10.6 Å². The first-order valence-electron chi connectivity index (χ1n) is 5.24. The van der Waals surface area contributed by atoms with Crippen LogP contribution in [-0.4, -0.2) is 37.5 Å². The molecule has 0 aliphatic heterocycles. The van der Waals surface area contributed by atoms with Gasteiger partial charge in [0.25, 0.3) is 0 Å². The van der Waals surface area contributed by atoms with Gasteiger partial charge < -0.3 is 9.79 Å². The molecule has 1 aromatic rings. The average molecular weight is 274 g/mol. The van der Waals surface area contributed by atoms with Gasteiger partial charge in [-0.05, 0) is 24.1 Å². The number of carbonyl (C=O) groups excluding carboxylic acids is 1. The molecule has 1 amide bonds. The molecule has 7 nitrogen and oxygen atoms in total. The van der Waals surface area contributed by atoms with E-state index in [1.807, 2.05) is 0 Å². The summed E-state index contributed by atoms with van der Waals surface area (Å²) in [7, 11) is -4.36. The van der Waals surface area contributed by atoms with Crippen molar-refractivity contribution in [3.63, 3.8) is 0 Å². The Morgan fingerprint density at radius 2 is 2.00 bits per heavy atom. The number of carbonyl (C=O) groups is 1. The molecule has 0 spiro atoms. The lowest BCUT2D eigenvalue weighted by atomic mass is 10.1. The number of pyridine rings is 1. The Bertz CT molecular complexity index is 447. The summed E-state index contributed by atoms with van der Waals surface area (Å²) in [6.45, 7) is 1.02. The molecule has 0 aromatic carbocycles. The number of nitrogens with zero attached hydrogens (tertiary/aromatic N) is 2. The van der Waals surface area contributed by atoms with Crippen LogP contribution in [0.4, 0.5) is 0 Å². The van der Waals surface area contributed by atoms with Crippen LogP contribution < -0.4 is 0 Å². The fourth-order valence-corrected chi connectivity index (χ4v) is 2.53. The summed E-state index contributed by atoms with van der Waals surface area (Å²) in [6.07, 6.45) is 2.82. The van der Waals surface area contributed by atoms with Crippen LogP contribution in [0.1, 0.15) is 24.6 Å². The molecule has 0 fully saturated rings. The first-order valence-corrected chi connectivity index (χ1v) is 6.92. The number of aromatic nitrogens is 1. The zero-order chi connectivity index (χ0) is 13.8. The molecule has 1 aromatic heterocycles. The van der Waals surface area contributed by atoms with Crippen LogP contribution >= 0.6 is 7.60 Å². The normalized spacial score (nSPS) is 13.1. The maximum absolute atomic E-state index is 11.4. The Morgan fingerprint density at radius 3 is 2.44 bits per heavy atom. The Hall–Kier alpha value is -1.27. The van der Waals surface area contributed by atoms with Gasteiger partial charge >= 0.3 is 7.60 Å². The number of hydroxylamine groups is 2. The van der Waals surface area contributed by atoms with Gasteiger partial charge in [-0.25, -0.2) is 5.06 Å². The minimum absolute atomic E-state index is 0.0373. The number of amides is 1. The molecule has 3 N–H and O–H groups in total. The van der Waals surface area contributed by atoms with Gasteiger partial charge in [0.05, 0.1) is 5.66 Å². The lowest BCUT2D eigenvalue weighted by Crippen LogP contribution is -2.26. The van der Waals surface area contributed by atoms with Gasteiger partial charge in [0.15, 0.2) is 0 Å². The third-order valence-corrected chi connectivity index (χ3v) is 3.84. The molecular formula is C10H15N2O5P. The topological polar surface area (TPSA) is 111 Å². The highest BCUT2D eigenvalue weighted by Crippen LogP contribution is 2.53. The van der Waals surface area contributed by atoms with Crippen molar-refractivity contribution in [2.45, 2.75) is 19.0 Å². The third kappa shape index (κ3) is 4.19. The van der Waals surface area contributed by atoms with E-state index in [9.17, 15) is 24.4 Å². The summed E-state index contributed by atoms with van der Waals surface area (Å²) in [5.74, 6) is -0.575. The van der Waals surface area contributed by atoms with Crippen LogP contribution in [0.5, 0.6) is 0 Å². The van der Waals surface area contributed by atoms with Crippen molar-refractivity contribution in [1.82, 2.24) is 10.0 Å². The molecule has 8 heteroatoms. The van der Waals surface area contributed by atoms with E-state index in [-0.39, 0.29) is 13.0 Å². The minimum atomic E-state index is -4.36. The Labute approximate surface area is 104 Å². The van der Waals surface area contributed by atoms with Crippen molar-refractivity contribution in [2.75, 3.05) is 6.54 Å². The maximum Gasteiger partial charge on any atom is 0.333 e. The summed E-state index contributed by atoms with van der Waals surface area (Å²) >= 11 is 0. The molecule has 0 aliphatic carbocycles. The molecule has 1 atom stereocenters. The Balaban J connectivity index is 2.82. The minimum Gasteiger partial charge on any atom is -0.324 e. The fourth-order valence-electron chi connectivity index (χ4n) is 1.52. The molecule has 100 valence electrons. The molecule has 18 heavy (non-hydrogen) atoms. The predicted molar refractivity (Wildman–Crippen MR) is 62.8 cm³/mol. The molecule has 0 saturated carbocycles. The average Bonchev–Trinajstić information content (AvgIpc) is 2.28. The number of hydrogen-bond donors (Lipinski definition) is 3. The van der Waals surface area contributed by atoms with E-state index in [1.54, 1.807) is 0 Å². The van der Waals surface area contributed by atoms with Crippen LogP contribution in [0, 0.1) is 0 Å². The second kappa shape index (κ2) is 6.06. The van der Waals surface area contributed by atoms with Gasteiger partial charge in [-0.1, -0.05) is 0 Å². The van der Waals surface area contributed by atoms with E-state index in [4.69, 9.17) is 0 Å². The first-order chi connectivity index (χ1) is 8.32. The van der Waals surface area contributed by atoms with Gasteiger partial charge in [-0.3, -0.25) is 19.6 Å². The molecular weight excluding hydrogens is 259 g/mol. The molecule has 0 bridgehead atoms. The molecule has 1 rings (SSSR count). The smallest absolute Gasteiger partial charge is 0.324 e. The SMILES string of the molecule is CC(=O)N(O)CC[C@@H](c1ccncc1)P(=O)(O)O. The highest BCUT2D eigenvalue weighted by atomic mass is 31.2. The summed E-state index contributed by atoms with van der Waals surface area (Å²) in [4.78, 5) is 33.2. The second-order valence-corrected chi connectivity index (χ2v) is 5.62. The van der Waals surface area contributed by atoms with Crippen molar-refractivity contribution >= 4 is 13.5 Å². The summed E-state index contributed by atoms with van der Waals surface area (Å²) < 4.78 is 11.4. The van der Waals surface area contributed by atoms with Crippen molar-refractivity contribution in [3.8, 4) is 0 Å². The van der Waals surface area contributed by atoms with Gasteiger partial charge in [0, 0.05) is 25.9 Å². The molecule has 0 aliphatic rings. The third-order valence-electron chi connectivity index (χ3n) is 2.47. The second-order valence-electron chi connectivity index (χ2n) is 3.82. The van der Waals surface area contributed by atoms with Crippen LogP contribution in [0.15, 0.2) is 24.5 Å². The number of rotatable bonds is 5. The Morgan fingerprint density at radius 1 is 1.44 bits per heavy atom. The molecule has 1 heterocycles. The molecule has 0 radical (unpaired) electrons. The first kappa shape index (κ1) is 14.8. The van der Waals surface area contributed by atoms with Crippen LogP contribution in [0.3, 0.4) is 0 Å². The van der Waals surface area contributed by atoms with Crippen molar-refractivity contribution < 1.29 is 24.4 Å².